The first-order valence-electron chi connectivity index (χ1n) is 4.57. The molecule has 0 aliphatic heterocycles. The van der Waals surface area contributed by atoms with E-state index in [0.717, 1.165) is 0 Å². The Morgan fingerprint density at radius 3 is 2.76 bits per heavy atom. The summed E-state index contributed by atoms with van der Waals surface area (Å²) in [6.07, 6.45) is -5.34. The van der Waals surface area contributed by atoms with Gasteiger partial charge in [-0.15, -0.1) is 0 Å². The molecule has 1 aromatic heterocycles. The zero-order valence-corrected chi connectivity index (χ0v) is 8.61. The molecule has 0 fully saturated rings. The summed E-state index contributed by atoms with van der Waals surface area (Å²) in [6, 6.07) is 4.29. The van der Waals surface area contributed by atoms with Gasteiger partial charge in [0.2, 0.25) is 5.88 Å². The maximum absolute atomic E-state index is 11.8. The van der Waals surface area contributed by atoms with E-state index in [1.807, 2.05) is 0 Å². The fourth-order valence-corrected chi connectivity index (χ4v) is 0.960. The minimum Gasteiger partial charge on any atom is -0.477 e. The molecule has 0 unspecified atom stereocenters. The van der Waals surface area contributed by atoms with Crippen LogP contribution >= 0.6 is 0 Å². The molecule has 0 aliphatic rings. The van der Waals surface area contributed by atoms with Crippen molar-refractivity contribution < 1.29 is 23.1 Å². The summed E-state index contributed by atoms with van der Waals surface area (Å²) in [5.41, 5.74) is 5.39. The van der Waals surface area contributed by atoms with Crippen molar-refractivity contribution in [3.05, 3.63) is 23.9 Å². The highest BCUT2D eigenvalue weighted by atomic mass is 19.4. The van der Waals surface area contributed by atoms with Gasteiger partial charge in [-0.1, -0.05) is 11.2 Å². The van der Waals surface area contributed by atoms with Gasteiger partial charge in [0.25, 0.3) is 0 Å². The zero-order valence-electron chi connectivity index (χ0n) is 8.61. The SMILES string of the molecule is N/C(=N/O)c1cccc(OCCC(F)(F)F)n1. The van der Waals surface area contributed by atoms with Crippen molar-refractivity contribution in [1.29, 1.82) is 0 Å². The normalized spacial score (nSPS) is 12.5. The van der Waals surface area contributed by atoms with Gasteiger partial charge in [0, 0.05) is 6.07 Å². The van der Waals surface area contributed by atoms with Gasteiger partial charge in [-0.05, 0) is 6.07 Å². The van der Waals surface area contributed by atoms with Gasteiger partial charge in [0.15, 0.2) is 5.84 Å². The van der Waals surface area contributed by atoms with E-state index in [1.165, 1.54) is 18.2 Å². The molecule has 0 spiro atoms. The zero-order chi connectivity index (χ0) is 12.9. The van der Waals surface area contributed by atoms with Crippen LogP contribution in [0.5, 0.6) is 5.88 Å². The third-order valence-electron chi connectivity index (χ3n) is 1.73. The summed E-state index contributed by atoms with van der Waals surface area (Å²) >= 11 is 0. The number of pyridine rings is 1. The van der Waals surface area contributed by atoms with E-state index >= 15 is 0 Å². The highest BCUT2D eigenvalue weighted by Crippen LogP contribution is 2.19. The highest BCUT2D eigenvalue weighted by Gasteiger charge is 2.26. The van der Waals surface area contributed by atoms with Crippen molar-refractivity contribution in [3.63, 3.8) is 0 Å². The van der Waals surface area contributed by atoms with Gasteiger partial charge in [-0.25, -0.2) is 4.98 Å². The Labute approximate surface area is 94.7 Å². The van der Waals surface area contributed by atoms with Gasteiger partial charge in [-0.2, -0.15) is 13.2 Å². The van der Waals surface area contributed by atoms with E-state index in [0.29, 0.717) is 0 Å². The molecule has 0 atom stereocenters. The van der Waals surface area contributed by atoms with Crippen molar-refractivity contribution >= 4 is 5.84 Å². The van der Waals surface area contributed by atoms with Gasteiger partial charge < -0.3 is 15.7 Å². The van der Waals surface area contributed by atoms with Crippen molar-refractivity contribution in [2.24, 2.45) is 10.9 Å². The maximum atomic E-state index is 11.8. The van der Waals surface area contributed by atoms with Crippen LogP contribution in [0.3, 0.4) is 0 Å². The molecule has 3 N–H and O–H groups in total. The molecule has 0 bridgehead atoms. The Morgan fingerprint density at radius 1 is 1.47 bits per heavy atom. The summed E-state index contributed by atoms with van der Waals surface area (Å²) in [7, 11) is 0. The Balaban J connectivity index is 2.61. The van der Waals surface area contributed by atoms with Crippen LogP contribution in [0, 0.1) is 0 Å². The van der Waals surface area contributed by atoms with E-state index in [2.05, 4.69) is 10.1 Å². The van der Waals surface area contributed by atoms with Crippen molar-refractivity contribution in [2.45, 2.75) is 12.6 Å². The first-order chi connectivity index (χ1) is 7.92. The molecule has 0 saturated heterocycles. The summed E-state index contributed by atoms with van der Waals surface area (Å²) in [5, 5.41) is 11.1. The van der Waals surface area contributed by atoms with Gasteiger partial charge in [0.1, 0.15) is 5.69 Å². The molecule has 94 valence electrons. The second kappa shape index (κ2) is 5.37. The van der Waals surface area contributed by atoms with Crippen LogP contribution in [0.25, 0.3) is 0 Å². The number of alkyl halides is 3. The van der Waals surface area contributed by atoms with Crippen LogP contribution in [0.2, 0.25) is 0 Å². The fourth-order valence-electron chi connectivity index (χ4n) is 0.960. The lowest BCUT2D eigenvalue weighted by atomic mass is 10.3. The van der Waals surface area contributed by atoms with E-state index < -0.39 is 19.2 Å². The smallest absolute Gasteiger partial charge is 0.392 e. The van der Waals surface area contributed by atoms with Gasteiger partial charge >= 0.3 is 6.18 Å². The molecule has 0 aliphatic carbocycles. The summed E-state index contributed by atoms with van der Waals surface area (Å²) in [5.74, 6) is -0.260. The number of aromatic nitrogens is 1. The molecule has 17 heavy (non-hydrogen) atoms. The predicted molar refractivity (Wildman–Crippen MR) is 52.9 cm³/mol. The quantitative estimate of drug-likeness (QED) is 0.367. The number of oxime groups is 1. The van der Waals surface area contributed by atoms with E-state index in [9.17, 15) is 13.2 Å². The van der Waals surface area contributed by atoms with Crippen LogP contribution in [-0.4, -0.2) is 28.8 Å². The number of halogens is 3. The molecular formula is C9H10F3N3O2. The summed E-state index contributed by atoms with van der Waals surface area (Å²) < 4.78 is 40.3. The number of rotatable bonds is 4. The number of nitrogens with two attached hydrogens (primary N) is 1. The summed E-state index contributed by atoms with van der Waals surface area (Å²) in [6.45, 7) is -0.532. The van der Waals surface area contributed by atoms with Gasteiger partial charge in [0.05, 0.1) is 13.0 Å². The third kappa shape index (κ3) is 4.58. The minimum absolute atomic E-state index is 0.0154. The van der Waals surface area contributed by atoms with E-state index in [4.69, 9.17) is 15.7 Å². The van der Waals surface area contributed by atoms with E-state index in [1.54, 1.807) is 0 Å². The lowest BCUT2D eigenvalue weighted by molar-refractivity contribution is -0.139. The van der Waals surface area contributed by atoms with Crippen LogP contribution in [0.1, 0.15) is 12.1 Å². The Morgan fingerprint density at radius 2 is 2.18 bits per heavy atom. The van der Waals surface area contributed by atoms with Crippen LogP contribution in [-0.2, 0) is 0 Å². The fraction of sp³-hybridized carbons (Fsp3) is 0.333. The molecule has 0 radical (unpaired) electrons. The predicted octanol–water partition coefficient (Wildman–Crippen LogP) is 1.51. The average Bonchev–Trinajstić information content (AvgIpc) is 2.27. The Hall–Kier alpha value is -1.99. The largest absolute Gasteiger partial charge is 0.477 e. The van der Waals surface area contributed by atoms with Crippen LogP contribution in [0.4, 0.5) is 13.2 Å². The standard InChI is InChI=1S/C9H10F3N3O2/c10-9(11,12)4-5-17-7-3-1-2-6(14-7)8(13)15-16/h1-3,16H,4-5H2,(H2,13,15). The lowest BCUT2D eigenvalue weighted by Gasteiger charge is -2.08. The topological polar surface area (TPSA) is 80.7 Å². The number of ether oxygens (including phenoxy) is 1. The van der Waals surface area contributed by atoms with Crippen molar-refractivity contribution in [2.75, 3.05) is 6.61 Å². The van der Waals surface area contributed by atoms with Crippen molar-refractivity contribution in [3.8, 4) is 5.88 Å². The highest BCUT2D eigenvalue weighted by molar-refractivity contribution is 5.95. The number of nitrogens with zero attached hydrogens (tertiary/aromatic N) is 2. The number of hydrogen-bond donors (Lipinski definition) is 2. The minimum atomic E-state index is -4.27. The molecule has 0 amide bonds. The Kier molecular flexibility index (Phi) is 4.13. The van der Waals surface area contributed by atoms with Gasteiger partial charge in [-0.3, -0.25) is 0 Å². The first kappa shape index (κ1) is 13.1. The second-order valence-electron chi connectivity index (χ2n) is 3.06. The molecule has 5 nitrogen and oxygen atoms in total. The monoisotopic (exact) mass is 249 g/mol. The summed E-state index contributed by atoms with van der Waals surface area (Å²) in [4.78, 5) is 3.76. The molecular weight excluding hydrogens is 239 g/mol. The molecule has 0 saturated carbocycles. The third-order valence-corrected chi connectivity index (χ3v) is 1.73. The van der Waals surface area contributed by atoms with Crippen molar-refractivity contribution in [1.82, 2.24) is 4.98 Å². The number of amidine groups is 1. The molecule has 1 heterocycles. The molecule has 1 rings (SSSR count). The van der Waals surface area contributed by atoms with Crippen LogP contribution < -0.4 is 10.5 Å². The lowest BCUT2D eigenvalue weighted by Crippen LogP contribution is -2.16. The molecule has 8 heteroatoms. The maximum Gasteiger partial charge on any atom is 0.392 e. The molecule has 0 aromatic carbocycles. The Bertz CT molecular complexity index is 407. The van der Waals surface area contributed by atoms with Crippen LogP contribution in [0.15, 0.2) is 23.4 Å². The van der Waals surface area contributed by atoms with E-state index in [-0.39, 0.29) is 17.4 Å². The second-order valence-corrected chi connectivity index (χ2v) is 3.06. The average molecular weight is 249 g/mol. The first-order valence-corrected chi connectivity index (χ1v) is 4.57. The molecule has 1 aromatic rings. The number of hydrogen-bond acceptors (Lipinski definition) is 4.